The first-order valence-corrected chi connectivity index (χ1v) is 11.9. The van der Waals surface area contributed by atoms with Gasteiger partial charge in [0.2, 0.25) is 5.91 Å². The first-order chi connectivity index (χ1) is 13.7. The molecule has 1 amide bonds. The number of likely N-dealkylation sites (tertiary alicyclic amines) is 1. The number of benzene rings is 1. The van der Waals surface area contributed by atoms with Crippen LogP contribution in [0.25, 0.3) is 10.2 Å². The summed E-state index contributed by atoms with van der Waals surface area (Å²) >= 11 is 1.80. The minimum atomic E-state index is 0.122. The van der Waals surface area contributed by atoms with Crippen molar-refractivity contribution in [2.24, 2.45) is 17.8 Å². The third-order valence-electron chi connectivity index (χ3n) is 7.75. The maximum absolute atomic E-state index is 13.1. The molecule has 1 aromatic carbocycles. The predicted octanol–water partition coefficient (Wildman–Crippen LogP) is 4.52. The first kappa shape index (κ1) is 17.4. The van der Waals surface area contributed by atoms with E-state index in [1.165, 1.54) is 48.2 Å². The predicted molar refractivity (Wildman–Crippen MR) is 112 cm³/mol. The maximum atomic E-state index is 13.1. The molecule has 0 spiro atoms. The quantitative estimate of drug-likeness (QED) is 0.828. The molecule has 5 heteroatoms. The number of hydrogen-bond donors (Lipinski definition) is 1. The molecule has 2 aromatic rings. The smallest absolute Gasteiger partial charge is 0.234 e. The third kappa shape index (κ3) is 2.98. The van der Waals surface area contributed by atoms with Gasteiger partial charge in [-0.1, -0.05) is 12.1 Å². The van der Waals surface area contributed by atoms with Crippen LogP contribution in [0.3, 0.4) is 0 Å². The van der Waals surface area contributed by atoms with E-state index in [4.69, 9.17) is 4.98 Å². The molecule has 7 rings (SSSR count). The summed E-state index contributed by atoms with van der Waals surface area (Å²) in [4.78, 5) is 20.3. The summed E-state index contributed by atoms with van der Waals surface area (Å²) in [7, 11) is 0. The largest absolute Gasteiger partial charge is 0.350 e. The lowest BCUT2D eigenvalue weighted by Gasteiger charge is -2.57. The van der Waals surface area contributed by atoms with Gasteiger partial charge in [-0.25, -0.2) is 4.98 Å². The normalized spacial score (nSPS) is 37.0. The van der Waals surface area contributed by atoms with Crippen molar-refractivity contribution in [1.29, 1.82) is 0 Å². The van der Waals surface area contributed by atoms with Gasteiger partial charge in [-0.15, -0.1) is 11.3 Å². The van der Waals surface area contributed by atoms with Gasteiger partial charge in [-0.2, -0.15) is 0 Å². The number of thiazole rings is 1. The van der Waals surface area contributed by atoms with Crippen molar-refractivity contribution in [1.82, 2.24) is 15.2 Å². The number of hydrogen-bond acceptors (Lipinski definition) is 4. The lowest BCUT2D eigenvalue weighted by molar-refractivity contribution is -0.128. The van der Waals surface area contributed by atoms with Crippen molar-refractivity contribution >= 4 is 27.5 Å². The molecule has 1 atom stereocenters. The average molecular weight is 396 g/mol. The Bertz CT molecular complexity index is 838. The Morgan fingerprint density at radius 3 is 2.57 bits per heavy atom. The molecule has 2 heterocycles. The number of nitrogens with one attached hydrogen (secondary N) is 1. The molecule has 0 radical (unpaired) electrons. The van der Waals surface area contributed by atoms with Crippen molar-refractivity contribution in [3.63, 3.8) is 0 Å². The minimum Gasteiger partial charge on any atom is -0.350 e. The number of carbonyl (C=O) groups is 1. The van der Waals surface area contributed by atoms with Crippen LogP contribution in [0.5, 0.6) is 0 Å². The van der Waals surface area contributed by atoms with E-state index in [0.29, 0.717) is 12.6 Å². The van der Waals surface area contributed by atoms with Crippen LogP contribution in [-0.2, 0) is 4.79 Å². The summed E-state index contributed by atoms with van der Waals surface area (Å²) in [6, 6.07) is 8.68. The van der Waals surface area contributed by atoms with Crippen LogP contribution >= 0.6 is 11.3 Å². The number of rotatable bonds is 4. The van der Waals surface area contributed by atoms with E-state index >= 15 is 0 Å². The first-order valence-electron chi connectivity index (χ1n) is 11.1. The summed E-state index contributed by atoms with van der Waals surface area (Å²) in [5.74, 6) is 2.85. The Balaban J connectivity index is 1.16. The van der Waals surface area contributed by atoms with Crippen molar-refractivity contribution in [3.05, 3.63) is 29.3 Å². The fraction of sp³-hybridized carbons (Fsp3) is 0.652. The fourth-order valence-corrected chi connectivity index (χ4v) is 8.25. The Morgan fingerprint density at radius 1 is 1.14 bits per heavy atom. The molecule has 4 nitrogen and oxygen atoms in total. The monoisotopic (exact) mass is 395 g/mol. The van der Waals surface area contributed by atoms with Gasteiger partial charge in [0, 0.05) is 5.54 Å². The van der Waals surface area contributed by atoms with E-state index in [1.807, 2.05) is 0 Å². The van der Waals surface area contributed by atoms with Crippen LogP contribution < -0.4 is 5.32 Å². The summed E-state index contributed by atoms with van der Waals surface area (Å²) in [5, 5.41) is 4.73. The van der Waals surface area contributed by atoms with Crippen LogP contribution in [0.1, 0.15) is 62.4 Å². The summed E-state index contributed by atoms with van der Waals surface area (Å²) in [5.41, 5.74) is 1.21. The molecule has 4 bridgehead atoms. The standard InChI is InChI=1S/C23H29N3OS/c27-21(25-23-11-15-8-16(12-23)10-17(9-15)13-23)14-26-7-3-5-19(26)22-24-18-4-1-2-6-20(18)28-22/h1-2,4,6,15-17,19H,3,5,7-14H2,(H,25,27)/t15?,16?,17?,19-,23?/m1/s1. The van der Waals surface area contributed by atoms with Crippen molar-refractivity contribution in [2.75, 3.05) is 13.1 Å². The van der Waals surface area contributed by atoms with E-state index in [-0.39, 0.29) is 11.4 Å². The number of amides is 1. The summed E-state index contributed by atoms with van der Waals surface area (Å²) < 4.78 is 1.25. The Hall–Kier alpha value is -1.46. The van der Waals surface area contributed by atoms with Gasteiger partial charge in [0.05, 0.1) is 22.8 Å². The highest BCUT2D eigenvalue weighted by molar-refractivity contribution is 7.18. The van der Waals surface area contributed by atoms with Crippen molar-refractivity contribution in [2.45, 2.75) is 62.9 Å². The molecule has 0 unspecified atom stereocenters. The number of nitrogens with zero attached hydrogens (tertiary/aromatic N) is 2. The number of fused-ring (bicyclic) bond motifs is 1. The molecule has 1 aliphatic heterocycles. The Labute approximate surface area is 170 Å². The van der Waals surface area contributed by atoms with Gasteiger partial charge in [0.15, 0.2) is 0 Å². The zero-order valence-corrected chi connectivity index (χ0v) is 17.2. The second-order valence-corrected chi connectivity index (χ2v) is 11.0. The number of aromatic nitrogens is 1. The maximum Gasteiger partial charge on any atom is 0.234 e. The van der Waals surface area contributed by atoms with Gasteiger partial charge in [-0.05, 0) is 87.8 Å². The highest BCUT2D eigenvalue weighted by Crippen LogP contribution is 2.55. The molecule has 28 heavy (non-hydrogen) atoms. The number of para-hydroxylation sites is 1. The highest BCUT2D eigenvalue weighted by atomic mass is 32.1. The lowest BCUT2D eigenvalue weighted by Crippen LogP contribution is -2.60. The topological polar surface area (TPSA) is 45.2 Å². The van der Waals surface area contributed by atoms with Gasteiger partial charge >= 0.3 is 0 Å². The molecule has 1 saturated heterocycles. The molecule has 5 aliphatic rings. The van der Waals surface area contributed by atoms with Crippen molar-refractivity contribution < 1.29 is 4.79 Å². The minimum absolute atomic E-state index is 0.122. The third-order valence-corrected chi connectivity index (χ3v) is 8.89. The van der Waals surface area contributed by atoms with E-state index in [9.17, 15) is 4.79 Å². The van der Waals surface area contributed by atoms with Crippen LogP contribution in [0.15, 0.2) is 24.3 Å². The van der Waals surface area contributed by atoms with Crippen LogP contribution in [0, 0.1) is 17.8 Å². The summed E-state index contributed by atoms with van der Waals surface area (Å²) in [6.45, 7) is 1.54. The van der Waals surface area contributed by atoms with E-state index in [0.717, 1.165) is 42.7 Å². The van der Waals surface area contributed by atoms with Gasteiger partial charge in [-0.3, -0.25) is 9.69 Å². The van der Waals surface area contributed by atoms with E-state index < -0.39 is 0 Å². The second-order valence-electron chi connectivity index (χ2n) is 9.89. The fourth-order valence-electron chi connectivity index (χ4n) is 7.11. The zero-order chi connectivity index (χ0) is 18.7. The molecular weight excluding hydrogens is 366 g/mol. The van der Waals surface area contributed by atoms with E-state index in [1.54, 1.807) is 11.3 Å². The van der Waals surface area contributed by atoms with Crippen LogP contribution in [-0.4, -0.2) is 34.4 Å². The second kappa shape index (κ2) is 6.53. The molecule has 148 valence electrons. The van der Waals surface area contributed by atoms with Crippen molar-refractivity contribution in [3.8, 4) is 0 Å². The Morgan fingerprint density at radius 2 is 1.86 bits per heavy atom. The number of carbonyl (C=O) groups excluding carboxylic acids is 1. The Kier molecular flexibility index (Phi) is 4.06. The van der Waals surface area contributed by atoms with Gasteiger partial charge < -0.3 is 5.32 Å². The summed E-state index contributed by atoms with van der Waals surface area (Å²) in [6.07, 6.45) is 10.2. The lowest BCUT2D eigenvalue weighted by atomic mass is 9.53. The van der Waals surface area contributed by atoms with Crippen LogP contribution in [0.4, 0.5) is 0 Å². The highest BCUT2D eigenvalue weighted by Gasteiger charge is 2.51. The molecule has 1 aromatic heterocycles. The molecule has 1 N–H and O–H groups in total. The van der Waals surface area contributed by atoms with Gasteiger partial charge in [0.25, 0.3) is 0 Å². The molecule has 4 aliphatic carbocycles. The SMILES string of the molecule is O=C(CN1CCC[C@@H]1c1nc2ccccc2s1)NC12CC3CC(CC(C3)C1)C2. The average Bonchev–Trinajstić information content (AvgIpc) is 3.25. The molecular formula is C23H29N3OS. The van der Waals surface area contributed by atoms with Gasteiger partial charge in [0.1, 0.15) is 5.01 Å². The zero-order valence-electron chi connectivity index (χ0n) is 16.4. The molecule has 5 fully saturated rings. The van der Waals surface area contributed by atoms with E-state index in [2.05, 4.69) is 34.5 Å². The molecule has 4 saturated carbocycles. The van der Waals surface area contributed by atoms with Crippen LogP contribution in [0.2, 0.25) is 0 Å².